The summed E-state index contributed by atoms with van der Waals surface area (Å²) in [5, 5.41) is 3.50. The van der Waals surface area contributed by atoms with Crippen molar-refractivity contribution < 1.29 is 9.59 Å². The molecule has 0 bridgehead atoms. The van der Waals surface area contributed by atoms with Gasteiger partial charge >= 0.3 is 0 Å². The Morgan fingerprint density at radius 3 is 3.00 bits per heavy atom. The second-order valence-corrected chi connectivity index (χ2v) is 7.19. The summed E-state index contributed by atoms with van der Waals surface area (Å²) in [5.41, 5.74) is 2.07. The number of likely N-dealkylation sites (tertiary alicyclic amines) is 1. The summed E-state index contributed by atoms with van der Waals surface area (Å²) in [6.07, 6.45) is 2.49. The number of benzene rings is 1. The van der Waals surface area contributed by atoms with E-state index in [2.05, 4.69) is 16.4 Å². The van der Waals surface area contributed by atoms with Crippen LogP contribution in [0.25, 0.3) is 10.2 Å². The quantitative estimate of drug-likeness (QED) is 0.947. The number of fused-ring (bicyclic) bond motifs is 1. The second kappa shape index (κ2) is 5.05. The summed E-state index contributed by atoms with van der Waals surface area (Å²) in [5.74, 6) is -0.225. The van der Waals surface area contributed by atoms with Crippen molar-refractivity contribution in [2.24, 2.45) is 5.92 Å². The topological polar surface area (TPSA) is 62.3 Å². The van der Waals surface area contributed by atoms with Gasteiger partial charge in [0.15, 0.2) is 5.13 Å². The molecule has 1 N–H and O–H groups in total. The molecular weight excluding hydrogens is 298 g/mol. The van der Waals surface area contributed by atoms with Gasteiger partial charge in [0.1, 0.15) is 0 Å². The van der Waals surface area contributed by atoms with E-state index in [1.807, 2.05) is 24.0 Å². The highest BCUT2D eigenvalue weighted by molar-refractivity contribution is 7.22. The Labute approximate surface area is 132 Å². The summed E-state index contributed by atoms with van der Waals surface area (Å²) in [6.45, 7) is 2.59. The predicted molar refractivity (Wildman–Crippen MR) is 85.8 cm³/mol. The summed E-state index contributed by atoms with van der Waals surface area (Å²) >= 11 is 1.48. The third-order valence-corrected chi connectivity index (χ3v) is 5.22. The van der Waals surface area contributed by atoms with E-state index in [1.165, 1.54) is 16.9 Å². The first-order valence-electron chi connectivity index (χ1n) is 7.57. The minimum atomic E-state index is -0.248. The molecule has 1 saturated heterocycles. The standard InChI is InChI=1S/C16H17N3O2S/c1-9-2-5-12-13(6-9)22-16(17-12)18-15(21)10-7-14(20)19(8-10)11-3-4-11/h2,5-6,10-11H,3-4,7-8H2,1H3,(H,17,18,21). The van der Waals surface area contributed by atoms with Gasteiger partial charge in [0, 0.05) is 19.0 Å². The fourth-order valence-electron chi connectivity index (χ4n) is 2.94. The van der Waals surface area contributed by atoms with E-state index in [9.17, 15) is 9.59 Å². The molecule has 0 spiro atoms. The van der Waals surface area contributed by atoms with Gasteiger partial charge in [0.2, 0.25) is 11.8 Å². The molecule has 114 valence electrons. The van der Waals surface area contributed by atoms with Gasteiger partial charge in [0.05, 0.1) is 16.1 Å². The third kappa shape index (κ3) is 2.47. The molecule has 1 aromatic carbocycles. The Hall–Kier alpha value is -1.95. The highest BCUT2D eigenvalue weighted by Gasteiger charge is 2.41. The average molecular weight is 315 g/mol. The number of aromatic nitrogens is 1. The monoisotopic (exact) mass is 315 g/mol. The van der Waals surface area contributed by atoms with E-state index in [4.69, 9.17) is 0 Å². The number of nitrogens with zero attached hydrogens (tertiary/aromatic N) is 2. The normalized spacial score (nSPS) is 21.6. The SMILES string of the molecule is Cc1ccc2nc(NC(=O)C3CC(=O)N(C4CC4)C3)sc2c1. The molecular formula is C16H17N3O2S. The van der Waals surface area contributed by atoms with Crippen LogP contribution in [-0.4, -0.2) is 34.3 Å². The number of anilines is 1. The van der Waals surface area contributed by atoms with Crippen LogP contribution in [0.5, 0.6) is 0 Å². The van der Waals surface area contributed by atoms with Gasteiger partial charge in [-0.15, -0.1) is 0 Å². The lowest BCUT2D eigenvalue weighted by molar-refractivity contribution is -0.128. The molecule has 1 aliphatic carbocycles. The van der Waals surface area contributed by atoms with Gasteiger partial charge in [-0.05, 0) is 37.5 Å². The lowest BCUT2D eigenvalue weighted by Crippen LogP contribution is -2.29. The fraction of sp³-hybridized carbons (Fsp3) is 0.438. The molecule has 2 fully saturated rings. The minimum absolute atomic E-state index is 0.0905. The van der Waals surface area contributed by atoms with Crippen LogP contribution in [0.4, 0.5) is 5.13 Å². The first-order valence-corrected chi connectivity index (χ1v) is 8.39. The highest BCUT2D eigenvalue weighted by atomic mass is 32.1. The van der Waals surface area contributed by atoms with Crippen molar-refractivity contribution in [2.45, 2.75) is 32.2 Å². The minimum Gasteiger partial charge on any atom is -0.339 e. The van der Waals surface area contributed by atoms with Crippen molar-refractivity contribution in [3.63, 3.8) is 0 Å². The molecule has 2 heterocycles. The van der Waals surface area contributed by atoms with Gasteiger partial charge in [0.25, 0.3) is 0 Å². The number of rotatable bonds is 3. The van der Waals surface area contributed by atoms with Crippen molar-refractivity contribution in [3.8, 4) is 0 Å². The van der Waals surface area contributed by atoms with Gasteiger partial charge in [-0.1, -0.05) is 17.4 Å². The van der Waals surface area contributed by atoms with Gasteiger partial charge < -0.3 is 10.2 Å². The summed E-state index contributed by atoms with van der Waals surface area (Å²) in [7, 11) is 0. The maximum atomic E-state index is 12.4. The Morgan fingerprint density at radius 2 is 2.23 bits per heavy atom. The van der Waals surface area contributed by atoms with Crippen molar-refractivity contribution in [1.82, 2.24) is 9.88 Å². The predicted octanol–water partition coefficient (Wildman–Crippen LogP) is 2.55. The zero-order valence-electron chi connectivity index (χ0n) is 12.3. The zero-order valence-corrected chi connectivity index (χ0v) is 13.2. The van der Waals surface area contributed by atoms with E-state index in [-0.39, 0.29) is 17.7 Å². The first kappa shape index (κ1) is 13.7. The number of thiazole rings is 1. The Balaban J connectivity index is 1.47. The molecule has 2 aromatic rings. The Bertz CT molecular complexity index is 766. The summed E-state index contributed by atoms with van der Waals surface area (Å²) < 4.78 is 1.07. The number of amides is 2. The van der Waals surface area contributed by atoms with Crippen LogP contribution in [0, 0.1) is 12.8 Å². The second-order valence-electron chi connectivity index (χ2n) is 6.16. The van der Waals surface area contributed by atoms with Gasteiger partial charge in [-0.2, -0.15) is 0 Å². The molecule has 1 unspecified atom stereocenters. The summed E-state index contributed by atoms with van der Waals surface area (Å²) in [6, 6.07) is 6.42. The highest BCUT2D eigenvalue weighted by Crippen LogP contribution is 2.33. The van der Waals surface area contributed by atoms with Crippen LogP contribution in [0.3, 0.4) is 0 Å². The van der Waals surface area contributed by atoms with E-state index >= 15 is 0 Å². The molecule has 1 saturated carbocycles. The van der Waals surface area contributed by atoms with Crippen LogP contribution in [0.1, 0.15) is 24.8 Å². The van der Waals surface area contributed by atoms with Crippen LogP contribution in [-0.2, 0) is 9.59 Å². The molecule has 6 heteroatoms. The summed E-state index contributed by atoms with van der Waals surface area (Å²) in [4.78, 5) is 30.6. The van der Waals surface area contributed by atoms with Crippen molar-refractivity contribution >= 4 is 38.5 Å². The molecule has 0 radical (unpaired) electrons. The van der Waals surface area contributed by atoms with Crippen LogP contribution < -0.4 is 5.32 Å². The van der Waals surface area contributed by atoms with Crippen molar-refractivity contribution in [1.29, 1.82) is 0 Å². The molecule has 5 nitrogen and oxygen atoms in total. The van der Waals surface area contributed by atoms with Gasteiger partial charge in [-0.25, -0.2) is 4.98 Å². The number of hydrogen-bond donors (Lipinski definition) is 1. The molecule has 1 atom stereocenters. The van der Waals surface area contributed by atoms with Crippen molar-refractivity contribution in [2.75, 3.05) is 11.9 Å². The number of carbonyl (C=O) groups excluding carboxylic acids is 2. The number of nitrogens with one attached hydrogen (secondary N) is 1. The number of carbonyl (C=O) groups is 2. The number of hydrogen-bond acceptors (Lipinski definition) is 4. The van der Waals surface area contributed by atoms with Crippen molar-refractivity contribution in [3.05, 3.63) is 23.8 Å². The fourth-order valence-corrected chi connectivity index (χ4v) is 3.91. The van der Waals surface area contributed by atoms with Gasteiger partial charge in [-0.3, -0.25) is 9.59 Å². The van der Waals surface area contributed by atoms with Crippen LogP contribution >= 0.6 is 11.3 Å². The van der Waals surface area contributed by atoms with Crippen LogP contribution in [0.2, 0.25) is 0 Å². The smallest absolute Gasteiger partial charge is 0.231 e. The molecule has 1 aromatic heterocycles. The Kier molecular flexibility index (Phi) is 3.14. The van der Waals surface area contributed by atoms with E-state index in [0.29, 0.717) is 24.1 Å². The molecule has 2 aliphatic rings. The zero-order chi connectivity index (χ0) is 15.3. The van der Waals surface area contributed by atoms with E-state index < -0.39 is 0 Å². The molecule has 22 heavy (non-hydrogen) atoms. The lowest BCUT2D eigenvalue weighted by atomic mass is 10.1. The average Bonchev–Trinajstić information content (AvgIpc) is 3.13. The maximum Gasteiger partial charge on any atom is 0.231 e. The number of aryl methyl sites for hydroxylation is 1. The third-order valence-electron chi connectivity index (χ3n) is 4.29. The molecule has 4 rings (SSSR count). The first-order chi connectivity index (χ1) is 10.6. The lowest BCUT2D eigenvalue weighted by Gasteiger charge is -2.14. The largest absolute Gasteiger partial charge is 0.339 e. The maximum absolute atomic E-state index is 12.4. The molecule has 1 aliphatic heterocycles. The Morgan fingerprint density at radius 1 is 1.41 bits per heavy atom. The van der Waals surface area contributed by atoms with Crippen LogP contribution in [0.15, 0.2) is 18.2 Å². The van der Waals surface area contributed by atoms with E-state index in [1.54, 1.807) is 0 Å². The molecule has 2 amide bonds. The van der Waals surface area contributed by atoms with E-state index in [0.717, 1.165) is 23.1 Å².